The van der Waals surface area contributed by atoms with Crippen LogP contribution in [0.5, 0.6) is 0 Å². The van der Waals surface area contributed by atoms with Gasteiger partial charge >= 0.3 is 0 Å². The van der Waals surface area contributed by atoms with E-state index in [2.05, 4.69) is 23.1 Å². The molecule has 0 spiro atoms. The average molecular weight is 228 g/mol. The quantitative estimate of drug-likeness (QED) is 0.720. The number of alkyl halides is 1. The molecule has 1 aromatic rings. The summed E-state index contributed by atoms with van der Waals surface area (Å²) in [6.07, 6.45) is 5.15. The molecular formula is C11H18ClN3. The maximum absolute atomic E-state index is 6.22. The van der Waals surface area contributed by atoms with Gasteiger partial charge in [-0.3, -0.25) is 9.58 Å². The minimum absolute atomic E-state index is 0.311. The van der Waals surface area contributed by atoms with Gasteiger partial charge in [-0.2, -0.15) is 5.10 Å². The fourth-order valence-electron chi connectivity index (χ4n) is 2.32. The molecular weight excluding hydrogens is 210 g/mol. The molecule has 0 aliphatic carbocycles. The second-order valence-electron chi connectivity index (χ2n) is 4.65. The largest absolute Gasteiger partial charge is 0.297 e. The molecule has 1 aliphatic rings. The van der Waals surface area contributed by atoms with Crippen LogP contribution >= 0.6 is 11.6 Å². The van der Waals surface area contributed by atoms with Crippen LogP contribution in [0.15, 0.2) is 12.4 Å². The van der Waals surface area contributed by atoms with Crippen LogP contribution in [0.2, 0.25) is 0 Å². The number of aromatic nitrogens is 2. The lowest BCUT2D eigenvalue weighted by Crippen LogP contribution is -2.39. The summed E-state index contributed by atoms with van der Waals surface area (Å²) in [7, 11) is 1.95. The van der Waals surface area contributed by atoms with Gasteiger partial charge in [0.25, 0.3) is 0 Å². The summed E-state index contributed by atoms with van der Waals surface area (Å²) in [5, 5.41) is 4.49. The number of piperidine rings is 1. The smallest absolute Gasteiger partial charge is 0.0534 e. The van der Waals surface area contributed by atoms with Crippen LogP contribution in [-0.2, 0) is 13.6 Å². The molecule has 0 amide bonds. The molecule has 84 valence electrons. The van der Waals surface area contributed by atoms with E-state index in [4.69, 9.17) is 11.6 Å². The Morgan fingerprint density at radius 2 is 2.33 bits per heavy atom. The Morgan fingerprint density at radius 3 is 2.93 bits per heavy atom. The van der Waals surface area contributed by atoms with Crippen LogP contribution in [0, 0.1) is 5.92 Å². The van der Waals surface area contributed by atoms with Crippen molar-refractivity contribution < 1.29 is 0 Å². The van der Waals surface area contributed by atoms with Gasteiger partial charge in [0.05, 0.1) is 6.20 Å². The van der Waals surface area contributed by atoms with E-state index in [1.165, 1.54) is 5.56 Å². The molecule has 0 N–H and O–H groups in total. The van der Waals surface area contributed by atoms with E-state index >= 15 is 0 Å². The minimum atomic E-state index is 0.311. The van der Waals surface area contributed by atoms with Crippen molar-refractivity contribution in [1.29, 1.82) is 0 Å². The second kappa shape index (κ2) is 4.54. The molecule has 2 rings (SSSR count). The number of nitrogens with zero attached hydrogens (tertiary/aromatic N) is 3. The summed E-state index contributed by atoms with van der Waals surface area (Å²) in [5.74, 6) is 0.706. The summed E-state index contributed by atoms with van der Waals surface area (Å²) < 4.78 is 1.85. The Balaban J connectivity index is 1.94. The van der Waals surface area contributed by atoms with Gasteiger partial charge < -0.3 is 0 Å². The Morgan fingerprint density at radius 1 is 1.53 bits per heavy atom. The third kappa shape index (κ3) is 2.95. The lowest BCUT2D eigenvalue weighted by molar-refractivity contribution is 0.180. The summed E-state index contributed by atoms with van der Waals surface area (Å²) in [6.45, 7) is 5.39. The van der Waals surface area contributed by atoms with Crippen LogP contribution in [0.4, 0.5) is 0 Å². The van der Waals surface area contributed by atoms with Crippen LogP contribution in [0.25, 0.3) is 0 Å². The van der Waals surface area contributed by atoms with E-state index in [0.29, 0.717) is 11.3 Å². The van der Waals surface area contributed by atoms with Crippen molar-refractivity contribution in [2.24, 2.45) is 13.0 Å². The predicted octanol–water partition coefficient (Wildman–Crippen LogP) is 1.87. The van der Waals surface area contributed by atoms with Crippen molar-refractivity contribution in [3.05, 3.63) is 18.0 Å². The zero-order valence-corrected chi connectivity index (χ0v) is 10.1. The van der Waals surface area contributed by atoms with E-state index in [1.807, 2.05) is 17.9 Å². The van der Waals surface area contributed by atoms with Crippen molar-refractivity contribution >= 4 is 11.6 Å². The Labute approximate surface area is 96.0 Å². The van der Waals surface area contributed by atoms with E-state index in [-0.39, 0.29) is 0 Å². The summed E-state index contributed by atoms with van der Waals surface area (Å²) >= 11 is 6.22. The van der Waals surface area contributed by atoms with E-state index < -0.39 is 0 Å². The van der Waals surface area contributed by atoms with Gasteiger partial charge in [0.1, 0.15) is 0 Å². The number of hydrogen-bond donors (Lipinski definition) is 0. The first-order valence-electron chi connectivity index (χ1n) is 5.47. The Kier molecular flexibility index (Phi) is 3.32. The van der Waals surface area contributed by atoms with E-state index in [0.717, 1.165) is 26.1 Å². The molecule has 15 heavy (non-hydrogen) atoms. The molecule has 1 saturated heterocycles. The molecule has 0 bridgehead atoms. The van der Waals surface area contributed by atoms with Gasteiger partial charge in [-0.25, -0.2) is 0 Å². The molecule has 1 fully saturated rings. The Bertz CT molecular complexity index is 313. The van der Waals surface area contributed by atoms with Crippen molar-refractivity contribution in [2.45, 2.75) is 25.3 Å². The van der Waals surface area contributed by atoms with Gasteiger partial charge in [-0.05, 0) is 12.3 Å². The zero-order valence-electron chi connectivity index (χ0n) is 9.36. The molecule has 2 unspecified atom stereocenters. The van der Waals surface area contributed by atoms with E-state index in [9.17, 15) is 0 Å². The molecule has 2 atom stereocenters. The van der Waals surface area contributed by atoms with Gasteiger partial charge in [0.2, 0.25) is 0 Å². The highest BCUT2D eigenvalue weighted by Crippen LogP contribution is 2.21. The molecule has 0 radical (unpaired) electrons. The van der Waals surface area contributed by atoms with Crippen molar-refractivity contribution in [1.82, 2.24) is 14.7 Å². The first-order valence-corrected chi connectivity index (χ1v) is 5.91. The highest BCUT2D eigenvalue weighted by molar-refractivity contribution is 6.20. The maximum atomic E-state index is 6.22. The van der Waals surface area contributed by atoms with Gasteiger partial charge in [0, 0.05) is 43.8 Å². The monoisotopic (exact) mass is 227 g/mol. The standard InChI is InChI=1S/C11H18ClN3/c1-9-3-11(12)8-15(5-9)7-10-4-13-14(2)6-10/h4,6,9,11H,3,5,7-8H2,1-2H3. The number of hydrogen-bond acceptors (Lipinski definition) is 2. The van der Waals surface area contributed by atoms with Gasteiger partial charge in [0.15, 0.2) is 0 Å². The summed E-state index contributed by atoms with van der Waals surface area (Å²) in [5.41, 5.74) is 1.27. The van der Waals surface area contributed by atoms with Crippen LogP contribution < -0.4 is 0 Å². The van der Waals surface area contributed by atoms with Crippen molar-refractivity contribution in [3.8, 4) is 0 Å². The molecule has 2 heterocycles. The highest BCUT2D eigenvalue weighted by atomic mass is 35.5. The fourth-order valence-corrected chi connectivity index (χ4v) is 2.82. The highest BCUT2D eigenvalue weighted by Gasteiger charge is 2.23. The number of rotatable bonds is 2. The number of aryl methyl sites for hydroxylation is 1. The zero-order chi connectivity index (χ0) is 10.8. The maximum Gasteiger partial charge on any atom is 0.0534 e. The number of likely N-dealkylation sites (tertiary alicyclic amines) is 1. The summed E-state index contributed by atoms with van der Waals surface area (Å²) in [4.78, 5) is 2.42. The van der Waals surface area contributed by atoms with E-state index in [1.54, 1.807) is 0 Å². The third-order valence-corrected chi connectivity index (χ3v) is 3.17. The average Bonchev–Trinajstić information content (AvgIpc) is 2.49. The molecule has 1 aromatic heterocycles. The summed E-state index contributed by atoms with van der Waals surface area (Å²) in [6, 6.07) is 0. The molecule has 1 aliphatic heterocycles. The molecule has 4 heteroatoms. The predicted molar refractivity (Wildman–Crippen MR) is 61.9 cm³/mol. The Hall–Kier alpha value is -0.540. The first-order chi connectivity index (χ1) is 7.13. The lowest BCUT2D eigenvalue weighted by Gasteiger charge is -2.33. The topological polar surface area (TPSA) is 21.1 Å². The SMILES string of the molecule is CC1CC(Cl)CN(Cc2cnn(C)c2)C1. The van der Waals surface area contributed by atoms with Crippen LogP contribution in [0.3, 0.4) is 0 Å². The molecule has 0 saturated carbocycles. The molecule has 3 nitrogen and oxygen atoms in total. The van der Waals surface area contributed by atoms with Crippen molar-refractivity contribution in [3.63, 3.8) is 0 Å². The lowest BCUT2D eigenvalue weighted by atomic mass is 9.99. The first kappa shape index (κ1) is 11.0. The fraction of sp³-hybridized carbons (Fsp3) is 0.727. The normalized spacial score (nSPS) is 28.2. The van der Waals surface area contributed by atoms with Crippen LogP contribution in [-0.4, -0.2) is 33.1 Å². The minimum Gasteiger partial charge on any atom is -0.297 e. The van der Waals surface area contributed by atoms with Gasteiger partial charge in [-0.15, -0.1) is 11.6 Å². The van der Waals surface area contributed by atoms with Crippen LogP contribution in [0.1, 0.15) is 18.9 Å². The second-order valence-corrected chi connectivity index (χ2v) is 5.27. The molecule has 0 aromatic carbocycles. The third-order valence-electron chi connectivity index (χ3n) is 2.85. The van der Waals surface area contributed by atoms with Crippen molar-refractivity contribution in [2.75, 3.05) is 13.1 Å². The van der Waals surface area contributed by atoms with Gasteiger partial charge in [-0.1, -0.05) is 6.92 Å². The number of halogens is 1.